The Bertz CT molecular complexity index is 696. The Labute approximate surface area is 136 Å². The molecule has 1 N–H and O–H groups in total. The van der Waals surface area contributed by atoms with Gasteiger partial charge in [0.1, 0.15) is 0 Å². The molecule has 3 rings (SSSR count). The fraction of sp³-hybridized carbons (Fsp3) is 0.154. The molecule has 0 aliphatic carbocycles. The number of aromatic nitrogens is 2. The second-order valence-corrected chi connectivity index (χ2v) is 7.16. The molecule has 0 saturated heterocycles. The van der Waals surface area contributed by atoms with Crippen molar-refractivity contribution in [1.29, 1.82) is 0 Å². The van der Waals surface area contributed by atoms with Crippen LogP contribution >= 0.6 is 49.9 Å². The van der Waals surface area contributed by atoms with E-state index in [4.69, 9.17) is 0 Å². The molecule has 0 aliphatic heterocycles. The lowest BCUT2D eigenvalue weighted by Gasteiger charge is -2.12. The molecule has 3 nitrogen and oxygen atoms in total. The minimum Gasteiger partial charge on any atom is -0.388 e. The van der Waals surface area contributed by atoms with Crippen molar-refractivity contribution in [2.75, 3.05) is 0 Å². The summed E-state index contributed by atoms with van der Waals surface area (Å²) in [5.74, 6) is 0. The van der Waals surface area contributed by atoms with Crippen molar-refractivity contribution in [3.8, 4) is 0 Å². The first-order valence-corrected chi connectivity index (χ1v) is 8.43. The van der Waals surface area contributed by atoms with Gasteiger partial charge < -0.3 is 5.11 Å². The Kier molecular flexibility index (Phi) is 3.93. The van der Waals surface area contributed by atoms with Crippen molar-refractivity contribution < 1.29 is 5.11 Å². The molecule has 0 radical (unpaired) electrons. The van der Waals surface area contributed by atoms with Gasteiger partial charge in [0.05, 0.1) is 11.8 Å². The molecule has 0 spiro atoms. The Morgan fingerprint density at radius 2 is 2.32 bits per heavy atom. The maximum atomic E-state index is 10.4. The Hall–Kier alpha value is -0.440. The van der Waals surface area contributed by atoms with Crippen LogP contribution in [0.2, 0.25) is 0 Å². The maximum Gasteiger partial charge on any atom is 0.193 e. The SMILES string of the molecule is OC(Cc1cn2ccsc2n1)c1cc(Br)ccc1I. The molecule has 0 bridgehead atoms. The van der Waals surface area contributed by atoms with E-state index in [0.717, 1.165) is 24.3 Å². The molecule has 19 heavy (non-hydrogen) atoms. The summed E-state index contributed by atoms with van der Waals surface area (Å²) in [5.41, 5.74) is 1.85. The largest absolute Gasteiger partial charge is 0.388 e. The standard InChI is InChI=1S/C13H10BrIN2OS/c14-8-1-2-11(15)10(5-8)12(18)6-9-7-17-3-4-19-13(17)16-9/h1-5,7,12,18H,6H2. The molecule has 2 heterocycles. The second kappa shape index (κ2) is 5.51. The van der Waals surface area contributed by atoms with Gasteiger partial charge in [-0.05, 0) is 46.4 Å². The lowest BCUT2D eigenvalue weighted by Crippen LogP contribution is -2.04. The van der Waals surface area contributed by atoms with E-state index in [9.17, 15) is 5.11 Å². The fourth-order valence-corrected chi connectivity index (χ4v) is 3.75. The van der Waals surface area contributed by atoms with Crippen LogP contribution in [-0.4, -0.2) is 14.5 Å². The smallest absolute Gasteiger partial charge is 0.193 e. The van der Waals surface area contributed by atoms with Crippen molar-refractivity contribution in [1.82, 2.24) is 9.38 Å². The van der Waals surface area contributed by atoms with Crippen LogP contribution in [0.5, 0.6) is 0 Å². The topological polar surface area (TPSA) is 37.5 Å². The van der Waals surface area contributed by atoms with Gasteiger partial charge in [-0.3, -0.25) is 4.40 Å². The van der Waals surface area contributed by atoms with Gasteiger partial charge in [0.25, 0.3) is 0 Å². The highest BCUT2D eigenvalue weighted by molar-refractivity contribution is 14.1. The van der Waals surface area contributed by atoms with Crippen LogP contribution < -0.4 is 0 Å². The summed E-state index contributed by atoms with van der Waals surface area (Å²) in [6.07, 6.45) is 3.95. The van der Waals surface area contributed by atoms with Crippen molar-refractivity contribution in [2.24, 2.45) is 0 Å². The lowest BCUT2D eigenvalue weighted by molar-refractivity contribution is 0.176. The van der Waals surface area contributed by atoms with Gasteiger partial charge in [0.15, 0.2) is 4.96 Å². The second-order valence-electron chi connectivity index (χ2n) is 4.21. The third-order valence-corrected chi connectivity index (χ3v) is 5.11. The predicted octanol–water partition coefficient (Wildman–Crippen LogP) is 4.04. The number of imidazole rings is 1. The summed E-state index contributed by atoms with van der Waals surface area (Å²) in [6.45, 7) is 0. The Morgan fingerprint density at radius 1 is 1.47 bits per heavy atom. The molecule has 0 amide bonds. The number of nitrogens with zero attached hydrogens (tertiary/aromatic N) is 2. The van der Waals surface area contributed by atoms with Crippen LogP contribution in [0.1, 0.15) is 17.4 Å². The minimum atomic E-state index is -0.533. The summed E-state index contributed by atoms with van der Waals surface area (Å²) in [6, 6.07) is 5.93. The maximum absolute atomic E-state index is 10.4. The van der Waals surface area contributed by atoms with Gasteiger partial charge >= 0.3 is 0 Å². The lowest BCUT2D eigenvalue weighted by atomic mass is 10.1. The monoisotopic (exact) mass is 448 g/mol. The zero-order chi connectivity index (χ0) is 13.4. The number of hydrogen-bond donors (Lipinski definition) is 1. The first-order chi connectivity index (χ1) is 9.13. The van der Waals surface area contributed by atoms with Gasteiger partial charge in [0, 0.05) is 32.2 Å². The van der Waals surface area contributed by atoms with E-state index in [1.165, 1.54) is 0 Å². The highest BCUT2D eigenvalue weighted by Crippen LogP contribution is 2.26. The average Bonchev–Trinajstić information content (AvgIpc) is 2.92. The number of benzene rings is 1. The molecular formula is C13H10BrIN2OS. The molecular weight excluding hydrogens is 439 g/mol. The third kappa shape index (κ3) is 2.86. The summed E-state index contributed by atoms with van der Waals surface area (Å²) >= 11 is 7.28. The van der Waals surface area contributed by atoms with Gasteiger partial charge in [-0.15, -0.1) is 11.3 Å². The van der Waals surface area contributed by atoms with E-state index in [2.05, 4.69) is 43.5 Å². The van der Waals surface area contributed by atoms with Crippen LogP contribution in [0.15, 0.2) is 40.4 Å². The highest BCUT2D eigenvalue weighted by Gasteiger charge is 2.14. The normalized spacial score (nSPS) is 13.0. The van der Waals surface area contributed by atoms with Crippen LogP contribution in [-0.2, 0) is 6.42 Å². The quantitative estimate of drug-likeness (QED) is 0.614. The van der Waals surface area contributed by atoms with Crippen molar-refractivity contribution >= 4 is 54.8 Å². The average molecular weight is 449 g/mol. The summed E-state index contributed by atoms with van der Waals surface area (Å²) in [7, 11) is 0. The zero-order valence-corrected chi connectivity index (χ0v) is 14.3. The van der Waals surface area contributed by atoms with E-state index >= 15 is 0 Å². The number of hydrogen-bond acceptors (Lipinski definition) is 3. The zero-order valence-electron chi connectivity index (χ0n) is 9.75. The van der Waals surface area contributed by atoms with E-state index in [1.54, 1.807) is 11.3 Å². The van der Waals surface area contributed by atoms with Crippen LogP contribution in [0, 0.1) is 3.57 Å². The summed E-state index contributed by atoms with van der Waals surface area (Å²) < 4.78 is 4.03. The first kappa shape index (κ1) is 13.5. The van der Waals surface area contributed by atoms with Crippen LogP contribution in [0.3, 0.4) is 0 Å². The Morgan fingerprint density at radius 3 is 3.11 bits per heavy atom. The third-order valence-electron chi connectivity index (χ3n) is 2.86. The molecule has 0 saturated carbocycles. The molecule has 0 aliphatic rings. The van der Waals surface area contributed by atoms with Crippen molar-refractivity contribution in [3.05, 3.63) is 55.3 Å². The van der Waals surface area contributed by atoms with E-state index in [-0.39, 0.29) is 0 Å². The molecule has 2 aromatic heterocycles. The first-order valence-electron chi connectivity index (χ1n) is 5.67. The van der Waals surface area contributed by atoms with Gasteiger partial charge in [-0.1, -0.05) is 15.9 Å². The van der Waals surface area contributed by atoms with Gasteiger partial charge in [0.2, 0.25) is 0 Å². The van der Waals surface area contributed by atoms with Crippen LogP contribution in [0.4, 0.5) is 0 Å². The van der Waals surface area contributed by atoms with Crippen molar-refractivity contribution in [2.45, 2.75) is 12.5 Å². The molecule has 1 atom stereocenters. The summed E-state index contributed by atoms with van der Waals surface area (Å²) in [5, 5.41) is 12.4. The van der Waals surface area contributed by atoms with Gasteiger partial charge in [-0.2, -0.15) is 0 Å². The molecule has 6 heteroatoms. The molecule has 98 valence electrons. The Balaban J connectivity index is 1.86. The number of halogens is 2. The fourth-order valence-electron chi connectivity index (χ4n) is 1.95. The number of rotatable bonds is 3. The summed E-state index contributed by atoms with van der Waals surface area (Å²) in [4.78, 5) is 5.46. The number of fused-ring (bicyclic) bond motifs is 1. The van der Waals surface area contributed by atoms with E-state index < -0.39 is 6.10 Å². The highest BCUT2D eigenvalue weighted by atomic mass is 127. The predicted molar refractivity (Wildman–Crippen MR) is 88.6 cm³/mol. The van der Waals surface area contributed by atoms with E-state index in [0.29, 0.717) is 6.42 Å². The van der Waals surface area contributed by atoms with Gasteiger partial charge in [-0.25, -0.2) is 4.98 Å². The molecule has 3 aromatic rings. The van der Waals surface area contributed by atoms with E-state index in [1.807, 2.05) is 40.4 Å². The molecule has 0 fully saturated rings. The molecule has 1 aromatic carbocycles. The number of aliphatic hydroxyl groups excluding tert-OH is 1. The van der Waals surface area contributed by atoms with Crippen LogP contribution in [0.25, 0.3) is 4.96 Å². The number of aliphatic hydroxyl groups is 1. The van der Waals surface area contributed by atoms with Crippen molar-refractivity contribution in [3.63, 3.8) is 0 Å². The molecule has 1 unspecified atom stereocenters. The minimum absolute atomic E-state index is 0.529. The number of thiazole rings is 1.